The Balaban J connectivity index is 1.67. The second kappa shape index (κ2) is 9.10. The van der Waals surface area contributed by atoms with Gasteiger partial charge < -0.3 is 10.1 Å². The highest BCUT2D eigenvalue weighted by atomic mass is 79.9. The van der Waals surface area contributed by atoms with Crippen LogP contribution in [0.25, 0.3) is 6.08 Å². The second-order valence-corrected chi connectivity index (χ2v) is 5.76. The molecule has 0 saturated heterocycles. The Bertz CT molecular complexity index is 674. The van der Waals surface area contributed by atoms with Crippen molar-refractivity contribution < 1.29 is 13.9 Å². The van der Waals surface area contributed by atoms with Crippen molar-refractivity contribution in [3.8, 4) is 0 Å². The van der Waals surface area contributed by atoms with E-state index in [4.69, 9.17) is 4.74 Å². The average Bonchev–Trinajstić information content (AvgIpc) is 2.56. The minimum Gasteiger partial charge on any atom is -0.445 e. The van der Waals surface area contributed by atoms with Gasteiger partial charge in [-0.2, -0.15) is 0 Å². The molecule has 0 radical (unpaired) electrons. The predicted octanol–water partition coefficient (Wildman–Crippen LogP) is 4.92. The lowest BCUT2D eigenvalue weighted by molar-refractivity contribution is 0.140. The van der Waals surface area contributed by atoms with Crippen molar-refractivity contribution in [2.75, 3.05) is 6.54 Å². The first-order valence-electron chi connectivity index (χ1n) is 7.21. The third-order valence-corrected chi connectivity index (χ3v) is 3.54. The summed E-state index contributed by atoms with van der Waals surface area (Å²) in [5.41, 5.74) is 1.44. The van der Waals surface area contributed by atoms with Crippen LogP contribution in [0.3, 0.4) is 0 Å². The summed E-state index contributed by atoms with van der Waals surface area (Å²) in [6.45, 7) is 0.672. The molecule has 0 unspecified atom stereocenters. The Kier molecular flexibility index (Phi) is 6.81. The number of amides is 1. The maximum Gasteiger partial charge on any atom is 0.407 e. The summed E-state index contributed by atoms with van der Waals surface area (Å²) in [4.78, 5) is 11.5. The second-order valence-electron chi connectivity index (χ2n) is 4.85. The first-order valence-corrected chi connectivity index (χ1v) is 8.00. The molecule has 0 fully saturated rings. The lowest BCUT2D eigenvalue weighted by Gasteiger charge is -2.06. The third kappa shape index (κ3) is 6.24. The van der Waals surface area contributed by atoms with Crippen LogP contribution in [-0.4, -0.2) is 12.6 Å². The SMILES string of the molecule is O=C(NCCC=Cc1cc(Br)ccc1F)OCc1ccccc1. The van der Waals surface area contributed by atoms with Crippen LogP contribution in [0, 0.1) is 5.82 Å². The van der Waals surface area contributed by atoms with Crippen LogP contribution in [0.5, 0.6) is 0 Å². The summed E-state index contributed by atoms with van der Waals surface area (Å²) in [7, 11) is 0. The van der Waals surface area contributed by atoms with Crippen molar-refractivity contribution in [2.45, 2.75) is 13.0 Å². The molecule has 0 aliphatic rings. The van der Waals surface area contributed by atoms with Crippen molar-refractivity contribution in [1.82, 2.24) is 5.32 Å². The van der Waals surface area contributed by atoms with Gasteiger partial charge >= 0.3 is 6.09 Å². The number of halogens is 2. The Morgan fingerprint density at radius 3 is 2.78 bits per heavy atom. The fraction of sp³-hybridized carbons (Fsp3) is 0.167. The molecule has 0 bridgehead atoms. The van der Waals surface area contributed by atoms with E-state index in [2.05, 4.69) is 21.2 Å². The van der Waals surface area contributed by atoms with Crippen molar-refractivity contribution in [3.05, 3.63) is 76.0 Å². The molecule has 2 aromatic carbocycles. The zero-order valence-corrected chi connectivity index (χ0v) is 14.1. The molecule has 120 valence electrons. The number of ether oxygens (including phenoxy) is 1. The number of hydrogen-bond donors (Lipinski definition) is 1. The van der Waals surface area contributed by atoms with Crippen LogP contribution in [0.4, 0.5) is 9.18 Å². The predicted molar refractivity (Wildman–Crippen MR) is 92.4 cm³/mol. The highest BCUT2D eigenvalue weighted by molar-refractivity contribution is 9.10. The Morgan fingerprint density at radius 2 is 2.00 bits per heavy atom. The molecule has 1 amide bonds. The van der Waals surface area contributed by atoms with E-state index in [1.807, 2.05) is 36.4 Å². The molecule has 5 heteroatoms. The van der Waals surface area contributed by atoms with E-state index in [1.165, 1.54) is 6.07 Å². The van der Waals surface area contributed by atoms with E-state index in [0.717, 1.165) is 10.0 Å². The van der Waals surface area contributed by atoms with Gasteiger partial charge in [-0.15, -0.1) is 0 Å². The standard InChI is InChI=1S/C18H17BrFNO2/c19-16-9-10-17(20)15(12-16)8-4-5-11-21-18(22)23-13-14-6-2-1-3-7-14/h1-4,6-10,12H,5,11,13H2,(H,21,22). The van der Waals surface area contributed by atoms with Crippen molar-refractivity contribution in [3.63, 3.8) is 0 Å². The highest BCUT2D eigenvalue weighted by Crippen LogP contribution is 2.16. The molecule has 0 aliphatic carbocycles. The van der Waals surface area contributed by atoms with Crippen molar-refractivity contribution >= 4 is 28.1 Å². The van der Waals surface area contributed by atoms with E-state index in [0.29, 0.717) is 18.5 Å². The summed E-state index contributed by atoms with van der Waals surface area (Å²) in [5.74, 6) is -0.278. The van der Waals surface area contributed by atoms with Crippen LogP contribution in [-0.2, 0) is 11.3 Å². The van der Waals surface area contributed by atoms with Crippen LogP contribution < -0.4 is 5.32 Å². The zero-order valence-electron chi connectivity index (χ0n) is 12.5. The lowest BCUT2D eigenvalue weighted by Crippen LogP contribution is -2.24. The fourth-order valence-corrected chi connectivity index (χ4v) is 2.26. The Morgan fingerprint density at radius 1 is 1.22 bits per heavy atom. The average molecular weight is 378 g/mol. The fourth-order valence-electron chi connectivity index (χ4n) is 1.88. The molecule has 0 saturated carbocycles. The van der Waals surface area contributed by atoms with Gasteiger partial charge in [0.2, 0.25) is 0 Å². The molecule has 1 N–H and O–H groups in total. The van der Waals surface area contributed by atoms with Gasteiger partial charge in [0.15, 0.2) is 0 Å². The highest BCUT2D eigenvalue weighted by Gasteiger charge is 2.01. The van der Waals surface area contributed by atoms with Gasteiger partial charge in [-0.05, 0) is 30.2 Å². The summed E-state index contributed by atoms with van der Waals surface area (Å²) in [6, 6.07) is 14.2. The number of benzene rings is 2. The first kappa shape index (κ1) is 17.2. The third-order valence-electron chi connectivity index (χ3n) is 3.05. The van der Waals surface area contributed by atoms with Crippen molar-refractivity contribution in [2.24, 2.45) is 0 Å². The normalized spacial score (nSPS) is 10.7. The number of carbonyl (C=O) groups excluding carboxylic acids is 1. The Labute approximate surface area is 143 Å². The van der Waals surface area contributed by atoms with E-state index in [9.17, 15) is 9.18 Å². The van der Waals surface area contributed by atoms with Crippen LogP contribution in [0.15, 0.2) is 59.1 Å². The monoisotopic (exact) mass is 377 g/mol. The van der Waals surface area contributed by atoms with Gasteiger partial charge in [0.25, 0.3) is 0 Å². The first-order chi connectivity index (χ1) is 11.1. The van der Waals surface area contributed by atoms with Gasteiger partial charge in [-0.1, -0.05) is 58.4 Å². The number of rotatable bonds is 6. The topological polar surface area (TPSA) is 38.3 Å². The number of carbonyl (C=O) groups is 1. The maximum atomic E-state index is 13.5. The quantitative estimate of drug-likeness (QED) is 0.725. The molecule has 0 aliphatic heterocycles. The Hall–Kier alpha value is -2.14. The van der Waals surface area contributed by atoms with Gasteiger partial charge in [-0.25, -0.2) is 9.18 Å². The van der Waals surface area contributed by atoms with E-state index >= 15 is 0 Å². The number of alkyl carbamates (subject to hydrolysis) is 1. The minimum atomic E-state index is -0.462. The summed E-state index contributed by atoms with van der Waals surface area (Å²) >= 11 is 3.30. The van der Waals surface area contributed by atoms with Crippen LogP contribution in [0.2, 0.25) is 0 Å². The molecular weight excluding hydrogens is 361 g/mol. The number of nitrogens with one attached hydrogen (secondary N) is 1. The van der Waals surface area contributed by atoms with E-state index in [1.54, 1.807) is 18.2 Å². The molecule has 3 nitrogen and oxygen atoms in total. The summed E-state index contributed by atoms with van der Waals surface area (Å²) in [5, 5.41) is 2.65. The molecule has 2 rings (SSSR count). The van der Waals surface area contributed by atoms with Gasteiger partial charge in [-0.3, -0.25) is 0 Å². The van der Waals surface area contributed by atoms with Gasteiger partial charge in [0, 0.05) is 16.6 Å². The molecule has 0 atom stereocenters. The zero-order chi connectivity index (χ0) is 16.5. The van der Waals surface area contributed by atoms with E-state index < -0.39 is 6.09 Å². The largest absolute Gasteiger partial charge is 0.445 e. The minimum absolute atomic E-state index is 0.242. The van der Waals surface area contributed by atoms with Gasteiger partial charge in [0.1, 0.15) is 12.4 Å². The molecule has 0 heterocycles. The molecule has 23 heavy (non-hydrogen) atoms. The smallest absolute Gasteiger partial charge is 0.407 e. The maximum absolute atomic E-state index is 13.5. The summed E-state index contributed by atoms with van der Waals surface area (Å²) in [6.07, 6.45) is 3.63. The lowest BCUT2D eigenvalue weighted by atomic mass is 10.2. The molecular formula is C18H17BrFNO2. The number of hydrogen-bond acceptors (Lipinski definition) is 2. The van der Waals surface area contributed by atoms with Crippen molar-refractivity contribution in [1.29, 1.82) is 0 Å². The van der Waals surface area contributed by atoms with Crippen LogP contribution >= 0.6 is 15.9 Å². The molecule has 0 spiro atoms. The van der Waals surface area contributed by atoms with Crippen LogP contribution in [0.1, 0.15) is 17.5 Å². The molecule has 0 aromatic heterocycles. The molecule has 2 aromatic rings. The van der Waals surface area contributed by atoms with E-state index in [-0.39, 0.29) is 12.4 Å². The summed E-state index contributed by atoms with van der Waals surface area (Å²) < 4.78 is 19.4. The van der Waals surface area contributed by atoms with Gasteiger partial charge in [0.05, 0.1) is 0 Å².